The van der Waals surface area contributed by atoms with Gasteiger partial charge in [0.2, 0.25) is 0 Å². The van der Waals surface area contributed by atoms with E-state index in [0.29, 0.717) is 0 Å². The molecule has 86 valence electrons. The van der Waals surface area contributed by atoms with Crippen LogP contribution in [0.15, 0.2) is 29.6 Å². The molecule has 1 aliphatic carbocycles. The Morgan fingerprint density at radius 3 is 2.76 bits per heavy atom. The second-order valence-corrected chi connectivity index (χ2v) is 5.68. The molecule has 0 amide bonds. The Morgan fingerprint density at radius 2 is 2.00 bits per heavy atom. The van der Waals surface area contributed by atoms with Crippen molar-refractivity contribution in [1.82, 2.24) is 0 Å². The summed E-state index contributed by atoms with van der Waals surface area (Å²) in [6.45, 7) is 2.01. The van der Waals surface area contributed by atoms with E-state index in [4.69, 9.17) is 0 Å². The van der Waals surface area contributed by atoms with Gasteiger partial charge >= 0.3 is 0 Å². The summed E-state index contributed by atoms with van der Waals surface area (Å²) in [7, 11) is 0. The van der Waals surface area contributed by atoms with Crippen molar-refractivity contribution in [2.75, 3.05) is 0 Å². The van der Waals surface area contributed by atoms with Crippen LogP contribution in [0.2, 0.25) is 0 Å². The number of carbonyl (C=O) groups excluding carboxylic acids is 1. The molecule has 1 nitrogen and oxygen atoms in total. The molecule has 0 unspecified atom stereocenters. The molecule has 17 heavy (non-hydrogen) atoms. The van der Waals surface area contributed by atoms with E-state index in [1.165, 1.54) is 24.0 Å². The number of benzene rings is 1. The minimum absolute atomic E-state index is 0.165. The normalized spacial score (nSPS) is 13.7. The molecule has 0 bridgehead atoms. The van der Waals surface area contributed by atoms with Gasteiger partial charge in [0.1, 0.15) is 0 Å². The zero-order valence-corrected chi connectivity index (χ0v) is 10.6. The van der Waals surface area contributed by atoms with Crippen LogP contribution in [0.25, 0.3) is 0 Å². The average molecular weight is 242 g/mol. The van der Waals surface area contributed by atoms with Crippen molar-refractivity contribution in [1.29, 1.82) is 0 Å². The summed E-state index contributed by atoms with van der Waals surface area (Å²) in [5.41, 5.74) is 4.48. The van der Waals surface area contributed by atoms with E-state index < -0.39 is 0 Å². The predicted octanol–water partition coefficient (Wildman–Crippen LogP) is 3.78. The van der Waals surface area contributed by atoms with E-state index in [2.05, 4.69) is 12.1 Å². The Hall–Kier alpha value is -1.41. The highest BCUT2D eigenvalue weighted by atomic mass is 32.1. The summed E-state index contributed by atoms with van der Waals surface area (Å²) in [4.78, 5) is 13.4. The summed E-state index contributed by atoms with van der Waals surface area (Å²) in [6, 6.07) is 8.11. The molecule has 2 aromatic rings. The number of aryl methyl sites for hydroxylation is 3. The second kappa shape index (κ2) is 4.11. The lowest BCUT2D eigenvalue weighted by Gasteiger charge is -2.04. The first-order valence-corrected chi connectivity index (χ1v) is 6.84. The summed E-state index contributed by atoms with van der Waals surface area (Å²) in [5, 5.41) is 1.98. The largest absolute Gasteiger partial charge is 0.289 e. The Labute approximate surface area is 105 Å². The van der Waals surface area contributed by atoms with Gasteiger partial charge < -0.3 is 0 Å². The van der Waals surface area contributed by atoms with Crippen LogP contribution in [-0.2, 0) is 12.8 Å². The SMILES string of the molecule is Cc1sccc1C(=O)c1ccc2c(c1)CCC2. The first-order valence-electron chi connectivity index (χ1n) is 5.96. The van der Waals surface area contributed by atoms with Crippen molar-refractivity contribution in [3.63, 3.8) is 0 Å². The molecule has 1 aromatic carbocycles. The number of thiophene rings is 1. The molecule has 1 aromatic heterocycles. The Bertz CT molecular complexity index is 580. The van der Waals surface area contributed by atoms with Crippen molar-refractivity contribution in [3.05, 3.63) is 56.8 Å². The fraction of sp³-hybridized carbons (Fsp3) is 0.267. The van der Waals surface area contributed by atoms with Gasteiger partial charge in [-0.25, -0.2) is 0 Å². The Kier molecular flexibility index (Phi) is 2.60. The second-order valence-electron chi connectivity index (χ2n) is 4.56. The number of carbonyl (C=O) groups is 1. The van der Waals surface area contributed by atoms with Crippen LogP contribution < -0.4 is 0 Å². The van der Waals surface area contributed by atoms with Gasteiger partial charge in [0.15, 0.2) is 5.78 Å². The van der Waals surface area contributed by atoms with Gasteiger partial charge in [-0.1, -0.05) is 12.1 Å². The molecule has 0 radical (unpaired) electrons. The van der Waals surface area contributed by atoms with E-state index in [0.717, 1.165) is 22.4 Å². The summed E-state index contributed by atoms with van der Waals surface area (Å²) in [5.74, 6) is 0.165. The van der Waals surface area contributed by atoms with Crippen LogP contribution in [0.1, 0.15) is 38.3 Å². The van der Waals surface area contributed by atoms with Crippen LogP contribution in [0, 0.1) is 6.92 Å². The lowest BCUT2D eigenvalue weighted by Crippen LogP contribution is -2.02. The zero-order valence-electron chi connectivity index (χ0n) is 9.82. The summed E-state index contributed by atoms with van der Waals surface area (Å²) in [6.07, 6.45) is 3.52. The molecule has 0 spiro atoms. The first kappa shape index (κ1) is 10.7. The first-order chi connectivity index (χ1) is 8.25. The maximum Gasteiger partial charge on any atom is 0.194 e. The quantitative estimate of drug-likeness (QED) is 0.732. The monoisotopic (exact) mass is 242 g/mol. The third kappa shape index (κ3) is 1.83. The van der Waals surface area contributed by atoms with Crippen LogP contribution in [-0.4, -0.2) is 5.78 Å². The number of ketones is 1. The van der Waals surface area contributed by atoms with Gasteiger partial charge in [0.25, 0.3) is 0 Å². The fourth-order valence-corrected chi connectivity index (χ4v) is 3.19. The van der Waals surface area contributed by atoms with Crippen molar-refractivity contribution >= 4 is 17.1 Å². The third-order valence-electron chi connectivity index (χ3n) is 3.46. The Balaban J connectivity index is 2.00. The number of fused-ring (bicyclic) bond motifs is 1. The highest BCUT2D eigenvalue weighted by molar-refractivity contribution is 7.10. The maximum absolute atomic E-state index is 12.3. The van der Waals surface area contributed by atoms with Gasteiger partial charge in [-0.3, -0.25) is 4.79 Å². The maximum atomic E-state index is 12.3. The van der Waals surface area contributed by atoms with Gasteiger partial charge in [-0.2, -0.15) is 0 Å². The van der Waals surface area contributed by atoms with Gasteiger partial charge in [-0.05, 0) is 54.8 Å². The minimum atomic E-state index is 0.165. The molecule has 1 aliphatic rings. The van der Waals surface area contributed by atoms with E-state index in [1.807, 2.05) is 24.4 Å². The lowest BCUT2D eigenvalue weighted by atomic mass is 10.00. The Morgan fingerprint density at radius 1 is 1.18 bits per heavy atom. The van der Waals surface area contributed by atoms with Gasteiger partial charge in [0.05, 0.1) is 0 Å². The van der Waals surface area contributed by atoms with Crippen molar-refractivity contribution < 1.29 is 4.79 Å². The molecule has 0 N–H and O–H groups in total. The standard InChI is InChI=1S/C15H14OS/c1-10-14(7-8-17-10)15(16)13-6-5-11-3-2-4-12(11)9-13/h5-9H,2-4H2,1H3. The van der Waals surface area contributed by atoms with Crippen molar-refractivity contribution in [2.45, 2.75) is 26.2 Å². The fourth-order valence-electron chi connectivity index (χ4n) is 2.49. The molecule has 0 saturated carbocycles. The van der Waals surface area contributed by atoms with E-state index >= 15 is 0 Å². The molecule has 0 atom stereocenters. The smallest absolute Gasteiger partial charge is 0.194 e. The summed E-state index contributed by atoms with van der Waals surface area (Å²) < 4.78 is 0. The van der Waals surface area contributed by atoms with Crippen LogP contribution >= 0.6 is 11.3 Å². The molecule has 2 heteroatoms. The molecular weight excluding hydrogens is 228 g/mol. The van der Waals surface area contributed by atoms with E-state index in [9.17, 15) is 4.79 Å². The van der Waals surface area contributed by atoms with Crippen LogP contribution in [0.4, 0.5) is 0 Å². The van der Waals surface area contributed by atoms with Crippen molar-refractivity contribution in [2.24, 2.45) is 0 Å². The highest BCUT2D eigenvalue weighted by Crippen LogP contribution is 2.25. The number of hydrogen-bond donors (Lipinski definition) is 0. The lowest BCUT2D eigenvalue weighted by molar-refractivity contribution is 0.103. The summed E-state index contributed by atoms with van der Waals surface area (Å²) >= 11 is 1.63. The molecule has 0 aliphatic heterocycles. The third-order valence-corrected chi connectivity index (χ3v) is 4.31. The average Bonchev–Trinajstić information content (AvgIpc) is 2.95. The molecule has 0 saturated heterocycles. The molecule has 0 fully saturated rings. The van der Waals surface area contributed by atoms with Gasteiger partial charge in [0, 0.05) is 16.0 Å². The topological polar surface area (TPSA) is 17.1 Å². The van der Waals surface area contributed by atoms with E-state index in [1.54, 1.807) is 11.3 Å². The number of rotatable bonds is 2. The van der Waals surface area contributed by atoms with Crippen LogP contribution in [0.5, 0.6) is 0 Å². The van der Waals surface area contributed by atoms with Crippen molar-refractivity contribution in [3.8, 4) is 0 Å². The van der Waals surface area contributed by atoms with Gasteiger partial charge in [-0.15, -0.1) is 11.3 Å². The number of hydrogen-bond acceptors (Lipinski definition) is 2. The molecular formula is C15H14OS. The molecule has 1 heterocycles. The van der Waals surface area contributed by atoms with E-state index in [-0.39, 0.29) is 5.78 Å². The minimum Gasteiger partial charge on any atom is -0.289 e. The van der Waals surface area contributed by atoms with Crippen LogP contribution in [0.3, 0.4) is 0 Å². The molecule has 3 rings (SSSR count). The highest BCUT2D eigenvalue weighted by Gasteiger charge is 2.16. The predicted molar refractivity (Wildman–Crippen MR) is 71.0 cm³/mol. The zero-order chi connectivity index (χ0) is 11.8.